The average Bonchev–Trinajstić information content (AvgIpc) is 2.34. The summed E-state index contributed by atoms with van der Waals surface area (Å²) in [5.74, 6) is -0.706. The van der Waals surface area contributed by atoms with E-state index in [-0.39, 0.29) is 17.0 Å². The molecule has 1 N–H and O–H groups in total. The van der Waals surface area contributed by atoms with E-state index in [0.717, 1.165) is 24.3 Å². The minimum atomic E-state index is -3.07. The Labute approximate surface area is 125 Å². The van der Waals surface area contributed by atoms with Gasteiger partial charge in [-0.1, -0.05) is 0 Å². The largest absolute Gasteiger partial charge is 0.434 e. The number of carbonyl (C=O) groups is 1. The van der Waals surface area contributed by atoms with Gasteiger partial charge in [0.25, 0.3) is 5.69 Å². The van der Waals surface area contributed by atoms with Gasteiger partial charge in [0.1, 0.15) is 5.75 Å². The summed E-state index contributed by atoms with van der Waals surface area (Å²) in [7, 11) is 0. The molecule has 6 nitrogen and oxygen atoms in total. The van der Waals surface area contributed by atoms with Crippen molar-refractivity contribution in [3.8, 4) is 5.75 Å². The molecule has 0 heterocycles. The van der Waals surface area contributed by atoms with Crippen LogP contribution in [0.3, 0.4) is 0 Å². The number of halogens is 2. The zero-order valence-corrected chi connectivity index (χ0v) is 12.3. The molecule has 1 amide bonds. The second kappa shape index (κ2) is 6.97. The molecule has 0 radical (unpaired) electrons. The van der Waals surface area contributed by atoms with Gasteiger partial charge in [-0.2, -0.15) is 8.78 Å². The number of rotatable bonds is 5. The van der Waals surface area contributed by atoms with E-state index >= 15 is 0 Å². The van der Waals surface area contributed by atoms with Gasteiger partial charge >= 0.3 is 6.61 Å². The Balaban J connectivity index is 3.05. The molecule has 0 spiro atoms. The fourth-order valence-electron chi connectivity index (χ4n) is 1.56. The Bertz CT molecular complexity index is 595. The third-order valence-electron chi connectivity index (χ3n) is 2.33. The number of alkyl halides is 2. The van der Waals surface area contributed by atoms with E-state index < -0.39 is 23.0 Å². The Morgan fingerprint density at radius 3 is 2.55 bits per heavy atom. The van der Waals surface area contributed by atoms with E-state index in [1.807, 2.05) is 0 Å². The number of nitro benzene ring substituents is 1. The predicted molar refractivity (Wildman–Crippen MR) is 76.7 cm³/mol. The molecule has 22 heavy (non-hydrogen) atoms. The highest BCUT2D eigenvalue weighted by Crippen LogP contribution is 2.26. The SMILES string of the molecule is CC(C)(C)NC(=O)/C=C/c1cc([N+](=O)[O-])ccc1OC(F)F. The predicted octanol–water partition coefficient (Wildman–Crippen LogP) is 3.12. The van der Waals surface area contributed by atoms with E-state index in [1.165, 1.54) is 6.08 Å². The molecule has 0 aliphatic heterocycles. The van der Waals surface area contributed by atoms with E-state index in [1.54, 1.807) is 20.8 Å². The average molecular weight is 314 g/mol. The molecule has 1 aromatic rings. The Hall–Kier alpha value is -2.51. The van der Waals surface area contributed by atoms with Crippen molar-refractivity contribution >= 4 is 17.7 Å². The van der Waals surface area contributed by atoms with Gasteiger partial charge in [0.15, 0.2) is 0 Å². The molecule has 0 fully saturated rings. The lowest BCUT2D eigenvalue weighted by molar-refractivity contribution is -0.384. The lowest BCUT2D eigenvalue weighted by Crippen LogP contribution is -2.39. The molecule has 0 aromatic heterocycles. The maximum Gasteiger partial charge on any atom is 0.387 e. The molecule has 0 bridgehead atoms. The van der Waals surface area contributed by atoms with Crippen LogP contribution in [0, 0.1) is 10.1 Å². The van der Waals surface area contributed by atoms with Crippen LogP contribution in [0.25, 0.3) is 6.08 Å². The monoisotopic (exact) mass is 314 g/mol. The van der Waals surface area contributed by atoms with E-state index in [2.05, 4.69) is 10.1 Å². The van der Waals surface area contributed by atoms with Crippen LogP contribution in [0.15, 0.2) is 24.3 Å². The standard InChI is InChI=1S/C14H16F2N2O4/c1-14(2,3)17-12(19)7-4-9-8-10(18(20)21)5-6-11(9)22-13(15)16/h4-8,13H,1-3H3,(H,17,19)/b7-4+. The lowest BCUT2D eigenvalue weighted by Gasteiger charge is -2.19. The van der Waals surface area contributed by atoms with Gasteiger partial charge in [-0.15, -0.1) is 0 Å². The van der Waals surface area contributed by atoms with Crippen molar-refractivity contribution in [3.63, 3.8) is 0 Å². The molecular formula is C14H16F2N2O4. The second-order valence-corrected chi connectivity index (χ2v) is 5.43. The number of nitrogens with one attached hydrogen (secondary N) is 1. The highest BCUT2D eigenvalue weighted by Gasteiger charge is 2.15. The zero-order valence-electron chi connectivity index (χ0n) is 12.3. The maximum atomic E-state index is 12.3. The number of nitrogens with zero attached hydrogens (tertiary/aromatic N) is 1. The summed E-state index contributed by atoms with van der Waals surface area (Å²) >= 11 is 0. The molecule has 1 aromatic carbocycles. The van der Waals surface area contributed by atoms with Crippen LogP contribution in [0.1, 0.15) is 26.3 Å². The maximum absolute atomic E-state index is 12.3. The molecular weight excluding hydrogens is 298 g/mol. The number of amides is 1. The van der Waals surface area contributed by atoms with Crippen LogP contribution < -0.4 is 10.1 Å². The fraction of sp³-hybridized carbons (Fsp3) is 0.357. The number of hydrogen-bond donors (Lipinski definition) is 1. The Morgan fingerprint density at radius 1 is 1.41 bits per heavy atom. The number of nitro groups is 1. The molecule has 8 heteroatoms. The molecule has 0 saturated heterocycles. The number of benzene rings is 1. The summed E-state index contributed by atoms with van der Waals surface area (Å²) in [5, 5.41) is 13.4. The van der Waals surface area contributed by atoms with Crippen LogP contribution >= 0.6 is 0 Å². The zero-order chi connectivity index (χ0) is 16.9. The first-order chi connectivity index (χ1) is 10.1. The van der Waals surface area contributed by atoms with Crippen molar-refractivity contribution in [3.05, 3.63) is 40.0 Å². The first-order valence-corrected chi connectivity index (χ1v) is 6.32. The number of carbonyl (C=O) groups excluding carboxylic acids is 1. The van der Waals surface area contributed by atoms with Crippen molar-refractivity contribution in [1.29, 1.82) is 0 Å². The molecule has 1 rings (SSSR count). The summed E-state index contributed by atoms with van der Waals surface area (Å²) in [6.07, 6.45) is 2.29. The molecule has 0 unspecified atom stereocenters. The molecule has 0 atom stereocenters. The number of non-ortho nitro benzene ring substituents is 1. The first kappa shape index (κ1) is 17.5. The van der Waals surface area contributed by atoms with Gasteiger partial charge in [0.05, 0.1) is 4.92 Å². The van der Waals surface area contributed by atoms with Gasteiger partial charge in [-0.3, -0.25) is 14.9 Å². The normalized spacial score (nSPS) is 11.7. The second-order valence-electron chi connectivity index (χ2n) is 5.43. The van der Waals surface area contributed by atoms with Gasteiger partial charge in [-0.05, 0) is 32.9 Å². The van der Waals surface area contributed by atoms with Gasteiger partial charge in [0.2, 0.25) is 5.91 Å². The van der Waals surface area contributed by atoms with Gasteiger partial charge in [-0.25, -0.2) is 0 Å². The number of ether oxygens (including phenoxy) is 1. The summed E-state index contributed by atoms with van der Waals surface area (Å²) in [6.45, 7) is 2.25. The highest BCUT2D eigenvalue weighted by molar-refractivity contribution is 5.92. The minimum absolute atomic E-state index is 0.0126. The van der Waals surface area contributed by atoms with Crippen LogP contribution in [0.4, 0.5) is 14.5 Å². The third kappa shape index (κ3) is 5.86. The van der Waals surface area contributed by atoms with Crippen molar-refractivity contribution in [2.24, 2.45) is 0 Å². The van der Waals surface area contributed by atoms with Crippen LogP contribution in [-0.2, 0) is 4.79 Å². The van der Waals surface area contributed by atoms with Gasteiger partial charge < -0.3 is 10.1 Å². The van der Waals surface area contributed by atoms with Crippen molar-refractivity contribution in [1.82, 2.24) is 5.32 Å². The smallest absolute Gasteiger partial charge is 0.387 e. The molecule has 120 valence electrons. The number of hydrogen-bond acceptors (Lipinski definition) is 4. The summed E-state index contributed by atoms with van der Waals surface area (Å²) in [4.78, 5) is 21.7. The lowest BCUT2D eigenvalue weighted by atomic mass is 10.1. The van der Waals surface area contributed by atoms with E-state index in [9.17, 15) is 23.7 Å². The van der Waals surface area contributed by atoms with Crippen molar-refractivity contribution < 1.29 is 23.2 Å². The topological polar surface area (TPSA) is 81.5 Å². The van der Waals surface area contributed by atoms with Crippen molar-refractivity contribution in [2.75, 3.05) is 0 Å². The minimum Gasteiger partial charge on any atom is -0.434 e. The summed E-state index contributed by atoms with van der Waals surface area (Å²) in [5.41, 5.74) is -0.747. The summed E-state index contributed by atoms with van der Waals surface area (Å²) < 4.78 is 28.9. The van der Waals surface area contributed by atoms with Crippen LogP contribution in [-0.4, -0.2) is 23.0 Å². The quantitative estimate of drug-likeness (QED) is 0.514. The summed E-state index contributed by atoms with van der Waals surface area (Å²) in [6, 6.07) is 3.16. The molecule has 0 aliphatic carbocycles. The fourth-order valence-corrected chi connectivity index (χ4v) is 1.56. The van der Waals surface area contributed by atoms with E-state index in [4.69, 9.17) is 0 Å². The van der Waals surface area contributed by atoms with E-state index in [0.29, 0.717) is 0 Å². The Kier molecular flexibility index (Phi) is 5.56. The molecule has 0 saturated carbocycles. The Morgan fingerprint density at radius 2 is 2.05 bits per heavy atom. The van der Waals surface area contributed by atoms with Crippen molar-refractivity contribution in [2.45, 2.75) is 32.9 Å². The third-order valence-corrected chi connectivity index (χ3v) is 2.33. The van der Waals surface area contributed by atoms with Gasteiger partial charge in [0, 0.05) is 29.3 Å². The molecule has 0 aliphatic rings. The van der Waals surface area contributed by atoms with Crippen LogP contribution in [0.5, 0.6) is 5.75 Å². The highest BCUT2D eigenvalue weighted by atomic mass is 19.3. The first-order valence-electron chi connectivity index (χ1n) is 6.32. The van der Waals surface area contributed by atoms with Crippen LogP contribution in [0.2, 0.25) is 0 Å².